The van der Waals surface area contributed by atoms with E-state index in [2.05, 4.69) is 0 Å². The van der Waals surface area contributed by atoms with Crippen molar-refractivity contribution in [3.63, 3.8) is 0 Å². The van der Waals surface area contributed by atoms with Crippen LogP contribution in [0.2, 0.25) is 0 Å². The van der Waals surface area contributed by atoms with Gasteiger partial charge in [-0.2, -0.15) is 0 Å². The van der Waals surface area contributed by atoms with Crippen LogP contribution in [0.15, 0.2) is 47.7 Å². The number of fused-ring (bicyclic) bond motifs is 2. The fourth-order valence-electron chi connectivity index (χ4n) is 5.34. The first kappa shape index (κ1) is 21.2. The summed E-state index contributed by atoms with van der Waals surface area (Å²) in [7, 11) is 1.47. The zero-order valence-corrected chi connectivity index (χ0v) is 19.7. The van der Waals surface area contributed by atoms with E-state index in [1.54, 1.807) is 17.0 Å². The number of Topliss-reactive ketones (excluding diaryl/α,β-unsaturated/α-hetero) is 1. The number of aryl methyl sites for hydroxylation is 1. The summed E-state index contributed by atoms with van der Waals surface area (Å²) in [5.74, 6) is -0.194. The zero-order valence-electron chi connectivity index (χ0n) is 18.9. The molecular formula is C26H24N2O5S. The van der Waals surface area contributed by atoms with E-state index in [1.807, 2.05) is 25.1 Å². The monoisotopic (exact) mass is 476 g/mol. The minimum atomic E-state index is -0.700. The van der Waals surface area contributed by atoms with E-state index in [9.17, 15) is 14.7 Å². The van der Waals surface area contributed by atoms with Crippen LogP contribution >= 0.6 is 11.3 Å². The standard InChI is InChI=1S/C26H24N2O5S/c1-13-7-9-16-20(11-13)34-26(27-16)28-22(14-8-10-17(29)19(12-14)32-2)21-23(30)15-5-3-4-6-18(15)33-24(21)25(28)31/h7-12,15,18,22,29H,3-6H2,1-2H3. The predicted octanol–water partition coefficient (Wildman–Crippen LogP) is 4.82. The molecule has 0 bridgehead atoms. The highest BCUT2D eigenvalue weighted by Gasteiger charge is 2.53. The summed E-state index contributed by atoms with van der Waals surface area (Å²) in [6.07, 6.45) is 3.26. The molecule has 7 nitrogen and oxygen atoms in total. The van der Waals surface area contributed by atoms with Gasteiger partial charge in [-0.3, -0.25) is 14.5 Å². The number of aromatic hydroxyl groups is 1. The number of ketones is 1. The Hall–Kier alpha value is -3.39. The van der Waals surface area contributed by atoms with Gasteiger partial charge in [-0.1, -0.05) is 29.9 Å². The number of aromatic nitrogens is 1. The Kier molecular flexibility index (Phi) is 4.88. The lowest BCUT2D eigenvalue weighted by atomic mass is 9.77. The first-order valence-corrected chi connectivity index (χ1v) is 12.3. The minimum absolute atomic E-state index is 0.00893. The molecule has 3 heterocycles. The van der Waals surface area contributed by atoms with E-state index >= 15 is 0 Å². The van der Waals surface area contributed by atoms with Crippen molar-refractivity contribution in [2.45, 2.75) is 44.8 Å². The molecule has 6 rings (SSSR count). The first-order chi connectivity index (χ1) is 16.5. The van der Waals surface area contributed by atoms with Crippen LogP contribution in [-0.4, -0.2) is 35.0 Å². The number of carbonyl (C=O) groups is 2. The van der Waals surface area contributed by atoms with Gasteiger partial charge in [0.15, 0.2) is 28.2 Å². The number of nitrogens with zero attached hydrogens (tertiary/aromatic N) is 2. The number of phenols is 1. The largest absolute Gasteiger partial charge is 0.504 e. The summed E-state index contributed by atoms with van der Waals surface area (Å²) in [5, 5.41) is 10.7. The second-order valence-corrected chi connectivity index (χ2v) is 10.1. The third-order valence-electron chi connectivity index (χ3n) is 7.02. The van der Waals surface area contributed by atoms with Gasteiger partial charge in [-0.05, 0) is 61.6 Å². The summed E-state index contributed by atoms with van der Waals surface area (Å²) in [5.41, 5.74) is 2.95. The molecule has 1 N–H and O–H groups in total. The fourth-order valence-corrected chi connectivity index (χ4v) is 6.44. The molecule has 1 aromatic heterocycles. The smallest absolute Gasteiger partial charge is 0.296 e. The molecule has 0 radical (unpaired) electrons. The molecule has 3 aliphatic rings. The van der Waals surface area contributed by atoms with Crippen LogP contribution in [0.4, 0.5) is 5.13 Å². The van der Waals surface area contributed by atoms with Gasteiger partial charge in [0.1, 0.15) is 6.10 Å². The molecule has 2 aromatic carbocycles. The van der Waals surface area contributed by atoms with Crippen LogP contribution in [0.5, 0.6) is 11.5 Å². The SMILES string of the molecule is COc1cc(C2C3=C(OC4CCCCC4C3=O)C(=O)N2c2nc3ccc(C)cc3s2)ccc1O. The van der Waals surface area contributed by atoms with Crippen molar-refractivity contribution in [1.82, 2.24) is 4.98 Å². The molecule has 2 aliphatic heterocycles. The summed E-state index contributed by atoms with van der Waals surface area (Å²) in [6, 6.07) is 10.2. The molecular weight excluding hydrogens is 452 g/mol. The van der Waals surface area contributed by atoms with Crippen molar-refractivity contribution in [3.8, 4) is 11.5 Å². The van der Waals surface area contributed by atoms with Gasteiger partial charge in [0.05, 0.1) is 34.9 Å². The highest BCUT2D eigenvalue weighted by molar-refractivity contribution is 7.22. The Labute approximate surface area is 200 Å². The number of phenolic OH excluding ortho intramolecular Hbond substituents is 1. The number of ether oxygens (including phenoxy) is 2. The molecule has 1 fully saturated rings. The maximum atomic E-state index is 13.8. The van der Waals surface area contributed by atoms with Crippen molar-refractivity contribution in [2.24, 2.45) is 5.92 Å². The van der Waals surface area contributed by atoms with E-state index in [-0.39, 0.29) is 41.0 Å². The number of thiazole rings is 1. The number of amides is 1. The van der Waals surface area contributed by atoms with Gasteiger partial charge in [-0.25, -0.2) is 4.98 Å². The molecule has 34 heavy (non-hydrogen) atoms. The summed E-state index contributed by atoms with van der Waals surface area (Å²) < 4.78 is 12.5. The molecule has 3 unspecified atom stereocenters. The molecule has 0 saturated heterocycles. The Bertz CT molecular complexity index is 1380. The number of benzene rings is 2. The van der Waals surface area contributed by atoms with E-state index in [0.29, 0.717) is 16.3 Å². The van der Waals surface area contributed by atoms with Crippen LogP contribution in [-0.2, 0) is 14.3 Å². The van der Waals surface area contributed by atoms with E-state index in [1.165, 1.54) is 24.5 Å². The van der Waals surface area contributed by atoms with Crippen LogP contribution in [0.1, 0.15) is 42.9 Å². The van der Waals surface area contributed by atoms with Gasteiger partial charge in [0.2, 0.25) is 0 Å². The van der Waals surface area contributed by atoms with Gasteiger partial charge < -0.3 is 14.6 Å². The topological polar surface area (TPSA) is 89.0 Å². The summed E-state index contributed by atoms with van der Waals surface area (Å²) in [6.45, 7) is 2.01. The molecule has 1 amide bonds. The number of hydrogen-bond acceptors (Lipinski definition) is 7. The zero-order chi connectivity index (χ0) is 23.6. The predicted molar refractivity (Wildman–Crippen MR) is 128 cm³/mol. The number of anilines is 1. The average Bonchev–Trinajstić information content (AvgIpc) is 3.38. The number of rotatable bonds is 3. The summed E-state index contributed by atoms with van der Waals surface area (Å²) >= 11 is 1.42. The molecule has 3 atom stereocenters. The molecule has 174 valence electrons. The van der Waals surface area contributed by atoms with Crippen LogP contribution in [0.25, 0.3) is 10.2 Å². The normalized spacial score (nSPS) is 24.3. The van der Waals surface area contributed by atoms with E-state index in [0.717, 1.165) is 41.5 Å². The number of hydrogen-bond donors (Lipinski definition) is 1. The van der Waals surface area contributed by atoms with Crippen molar-refractivity contribution < 1.29 is 24.2 Å². The van der Waals surface area contributed by atoms with Gasteiger partial charge in [0.25, 0.3) is 5.91 Å². The average molecular weight is 477 g/mol. The van der Waals surface area contributed by atoms with Crippen LogP contribution in [0.3, 0.4) is 0 Å². The Morgan fingerprint density at radius 1 is 1.15 bits per heavy atom. The molecule has 1 aliphatic carbocycles. The van der Waals surface area contributed by atoms with Gasteiger partial charge >= 0.3 is 0 Å². The maximum Gasteiger partial charge on any atom is 0.296 e. The fraction of sp³-hybridized carbons (Fsp3) is 0.346. The quantitative estimate of drug-likeness (QED) is 0.583. The molecule has 3 aromatic rings. The highest BCUT2D eigenvalue weighted by atomic mass is 32.1. The molecule has 8 heteroatoms. The van der Waals surface area contributed by atoms with Crippen molar-refractivity contribution in [1.29, 1.82) is 0 Å². The van der Waals surface area contributed by atoms with Gasteiger partial charge in [0, 0.05) is 0 Å². The second-order valence-electron chi connectivity index (χ2n) is 9.13. The lowest BCUT2D eigenvalue weighted by molar-refractivity contribution is -0.131. The molecule has 1 saturated carbocycles. The van der Waals surface area contributed by atoms with E-state index < -0.39 is 6.04 Å². The number of carbonyl (C=O) groups excluding carboxylic acids is 2. The van der Waals surface area contributed by atoms with Crippen LogP contribution < -0.4 is 9.64 Å². The first-order valence-electron chi connectivity index (χ1n) is 11.5. The van der Waals surface area contributed by atoms with E-state index in [4.69, 9.17) is 14.5 Å². The lowest BCUT2D eigenvalue weighted by Gasteiger charge is -2.35. The maximum absolute atomic E-state index is 13.8. The lowest BCUT2D eigenvalue weighted by Crippen LogP contribution is -2.39. The van der Waals surface area contributed by atoms with Crippen molar-refractivity contribution >= 4 is 38.4 Å². The Morgan fingerprint density at radius 2 is 1.97 bits per heavy atom. The number of methoxy groups -OCH3 is 1. The Balaban J connectivity index is 1.53. The van der Waals surface area contributed by atoms with Crippen molar-refractivity contribution in [2.75, 3.05) is 12.0 Å². The second kappa shape index (κ2) is 7.84. The van der Waals surface area contributed by atoms with Crippen LogP contribution in [0, 0.1) is 12.8 Å². The summed E-state index contributed by atoms with van der Waals surface area (Å²) in [4.78, 5) is 33.9. The van der Waals surface area contributed by atoms with Gasteiger partial charge in [-0.15, -0.1) is 0 Å². The highest BCUT2D eigenvalue weighted by Crippen LogP contribution is 2.50. The minimum Gasteiger partial charge on any atom is -0.504 e. The third kappa shape index (κ3) is 3.12. The van der Waals surface area contributed by atoms with Crippen molar-refractivity contribution in [3.05, 3.63) is 58.9 Å². The Morgan fingerprint density at radius 3 is 2.79 bits per heavy atom. The molecule has 0 spiro atoms. The third-order valence-corrected chi connectivity index (χ3v) is 8.04.